The number of nitroso groups, excluding NO2 is 2. The summed E-state index contributed by atoms with van der Waals surface area (Å²) in [5, 5.41) is 14.7. The van der Waals surface area contributed by atoms with E-state index in [0.29, 0.717) is 5.56 Å². The summed E-state index contributed by atoms with van der Waals surface area (Å²) in [4.78, 5) is 20.7. The molecule has 0 radical (unpaired) electrons. The molecule has 0 atom stereocenters. The average Bonchev–Trinajstić information content (AvgIpc) is 2.16. The Morgan fingerprint density at radius 2 is 1.71 bits per heavy atom. The van der Waals surface area contributed by atoms with Gasteiger partial charge in [0.05, 0.1) is 0 Å². The maximum atomic E-state index is 10.4. The lowest BCUT2D eigenvalue weighted by atomic mass is 10.0. The van der Waals surface area contributed by atoms with Crippen LogP contribution in [0, 0.1) is 9.81 Å². The zero-order valence-electron chi connectivity index (χ0n) is 7.89. The van der Waals surface area contributed by atoms with Gasteiger partial charge in [0, 0.05) is 6.07 Å². The van der Waals surface area contributed by atoms with E-state index in [2.05, 4.69) is 10.4 Å². The van der Waals surface area contributed by atoms with Gasteiger partial charge in [0.25, 0.3) is 0 Å². The third-order valence-electron chi connectivity index (χ3n) is 1.94. The van der Waals surface area contributed by atoms with Gasteiger partial charge in [0.1, 0.15) is 17.1 Å². The number of hydrogen-bond acceptors (Lipinski definition) is 5. The number of rotatable bonds is 3. The molecule has 0 spiro atoms. The lowest BCUT2D eigenvalue weighted by Gasteiger charge is -2.08. The van der Waals surface area contributed by atoms with E-state index in [0.717, 1.165) is 6.07 Å². The lowest BCUT2D eigenvalue weighted by molar-refractivity contribution is 0.476. The standard InChI is InChI=1S/C9H10N2O3/c1-5(2)6-3-8(11-14)9(12)4-7(6)10-13/h3-5,12H,1-2H3. The molecule has 0 saturated carbocycles. The van der Waals surface area contributed by atoms with Crippen LogP contribution in [0.25, 0.3) is 0 Å². The van der Waals surface area contributed by atoms with Crippen LogP contribution >= 0.6 is 0 Å². The molecule has 1 aromatic carbocycles. The Morgan fingerprint density at radius 3 is 2.14 bits per heavy atom. The van der Waals surface area contributed by atoms with E-state index in [1.165, 1.54) is 6.07 Å². The molecule has 0 aliphatic carbocycles. The number of aromatic hydroxyl groups is 1. The third kappa shape index (κ3) is 1.76. The normalized spacial score (nSPS) is 10.2. The Morgan fingerprint density at radius 1 is 1.14 bits per heavy atom. The maximum absolute atomic E-state index is 10.4. The van der Waals surface area contributed by atoms with Gasteiger partial charge < -0.3 is 5.11 Å². The van der Waals surface area contributed by atoms with Crippen molar-refractivity contribution in [3.05, 3.63) is 27.5 Å². The Kier molecular flexibility index (Phi) is 2.91. The van der Waals surface area contributed by atoms with Crippen molar-refractivity contribution in [3.63, 3.8) is 0 Å². The van der Waals surface area contributed by atoms with Crippen molar-refractivity contribution in [2.75, 3.05) is 0 Å². The van der Waals surface area contributed by atoms with Crippen molar-refractivity contribution in [3.8, 4) is 5.75 Å². The second-order valence-electron chi connectivity index (χ2n) is 3.24. The van der Waals surface area contributed by atoms with Gasteiger partial charge in [-0.3, -0.25) is 0 Å². The zero-order chi connectivity index (χ0) is 10.7. The van der Waals surface area contributed by atoms with Gasteiger partial charge in [-0.1, -0.05) is 13.8 Å². The van der Waals surface area contributed by atoms with Crippen LogP contribution in [0.4, 0.5) is 11.4 Å². The number of nitrogens with zero attached hydrogens (tertiary/aromatic N) is 2. The SMILES string of the molecule is CC(C)c1cc(N=O)c(O)cc1N=O. The predicted molar refractivity (Wildman–Crippen MR) is 53.1 cm³/mol. The Hall–Kier alpha value is -1.78. The van der Waals surface area contributed by atoms with Gasteiger partial charge in [0.2, 0.25) is 0 Å². The number of benzene rings is 1. The van der Waals surface area contributed by atoms with E-state index in [1.807, 2.05) is 13.8 Å². The zero-order valence-corrected chi connectivity index (χ0v) is 7.89. The van der Waals surface area contributed by atoms with Gasteiger partial charge >= 0.3 is 0 Å². The number of hydrogen-bond donors (Lipinski definition) is 1. The molecular weight excluding hydrogens is 184 g/mol. The topological polar surface area (TPSA) is 79.1 Å². The predicted octanol–water partition coefficient (Wildman–Crippen LogP) is 3.31. The highest BCUT2D eigenvalue weighted by Crippen LogP contribution is 2.37. The molecule has 0 aromatic heterocycles. The Balaban J connectivity index is 3.39. The highest BCUT2D eigenvalue weighted by molar-refractivity contribution is 5.63. The van der Waals surface area contributed by atoms with Crippen molar-refractivity contribution < 1.29 is 5.11 Å². The lowest BCUT2D eigenvalue weighted by Crippen LogP contribution is -1.87. The van der Waals surface area contributed by atoms with Crippen LogP contribution in [-0.2, 0) is 0 Å². The molecule has 0 unspecified atom stereocenters. The van der Waals surface area contributed by atoms with Crippen LogP contribution in [0.3, 0.4) is 0 Å². The van der Waals surface area contributed by atoms with Crippen LogP contribution in [0.5, 0.6) is 5.75 Å². The highest BCUT2D eigenvalue weighted by atomic mass is 16.3. The van der Waals surface area contributed by atoms with Crippen LogP contribution < -0.4 is 0 Å². The molecule has 5 heteroatoms. The summed E-state index contributed by atoms with van der Waals surface area (Å²) in [5.74, 6) is -0.275. The summed E-state index contributed by atoms with van der Waals surface area (Å²) in [5.41, 5.74) is 0.679. The summed E-state index contributed by atoms with van der Waals surface area (Å²) in [6.45, 7) is 3.71. The molecule has 74 valence electrons. The van der Waals surface area contributed by atoms with E-state index in [9.17, 15) is 14.9 Å². The molecular formula is C9H10N2O3. The van der Waals surface area contributed by atoms with Crippen molar-refractivity contribution in [1.82, 2.24) is 0 Å². The summed E-state index contributed by atoms with van der Waals surface area (Å²) in [6.07, 6.45) is 0. The first-order valence-electron chi connectivity index (χ1n) is 4.13. The molecule has 0 fully saturated rings. The fourth-order valence-corrected chi connectivity index (χ4v) is 1.20. The second-order valence-corrected chi connectivity index (χ2v) is 3.24. The Labute approximate surface area is 80.7 Å². The van der Waals surface area contributed by atoms with Gasteiger partial charge in [-0.05, 0) is 27.9 Å². The van der Waals surface area contributed by atoms with Gasteiger partial charge in [-0.25, -0.2) is 0 Å². The van der Waals surface area contributed by atoms with E-state index in [4.69, 9.17) is 0 Å². The molecule has 14 heavy (non-hydrogen) atoms. The molecule has 1 N–H and O–H groups in total. The van der Waals surface area contributed by atoms with E-state index in [1.54, 1.807) is 0 Å². The van der Waals surface area contributed by atoms with E-state index < -0.39 is 0 Å². The third-order valence-corrected chi connectivity index (χ3v) is 1.94. The molecule has 1 aromatic rings. The first-order valence-corrected chi connectivity index (χ1v) is 4.13. The summed E-state index contributed by atoms with van der Waals surface area (Å²) in [6, 6.07) is 2.53. The Bertz CT molecular complexity index is 375. The molecule has 1 rings (SSSR count). The summed E-state index contributed by atoms with van der Waals surface area (Å²) < 4.78 is 0. The minimum Gasteiger partial charge on any atom is -0.505 e. The van der Waals surface area contributed by atoms with Crippen molar-refractivity contribution >= 4 is 11.4 Å². The van der Waals surface area contributed by atoms with Gasteiger partial charge in [0.15, 0.2) is 0 Å². The highest BCUT2D eigenvalue weighted by Gasteiger charge is 2.12. The fraction of sp³-hybridized carbons (Fsp3) is 0.333. The summed E-state index contributed by atoms with van der Waals surface area (Å²) in [7, 11) is 0. The van der Waals surface area contributed by atoms with Crippen LogP contribution in [-0.4, -0.2) is 5.11 Å². The molecule has 0 heterocycles. The summed E-state index contributed by atoms with van der Waals surface area (Å²) >= 11 is 0. The van der Waals surface area contributed by atoms with E-state index in [-0.39, 0.29) is 23.0 Å². The monoisotopic (exact) mass is 194 g/mol. The maximum Gasteiger partial charge on any atom is 0.150 e. The van der Waals surface area contributed by atoms with Crippen LogP contribution in [0.1, 0.15) is 25.3 Å². The average molecular weight is 194 g/mol. The van der Waals surface area contributed by atoms with Gasteiger partial charge in [-0.2, -0.15) is 0 Å². The molecule has 0 aliphatic rings. The van der Waals surface area contributed by atoms with Crippen LogP contribution in [0.2, 0.25) is 0 Å². The quantitative estimate of drug-likeness (QED) is 0.749. The molecule has 0 aliphatic heterocycles. The fourth-order valence-electron chi connectivity index (χ4n) is 1.20. The van der Waals surface area contributed by atoms with Crippen molar-refractivity contribution in [1.29, 1.82) is 0 Å². The number of phenolic OH excluding ortho intramolecular Hbond substituents is 1. The number of phenols is 1. The van der Waals surface area contributed by atoms with Crippen molar-refractivity contribution in [2.24, 2.45) is 10.4 Å². The molecule has 0 saturated heterocycles. The smallest absolute Gasteiger partial charge is 0.150 e. The van der Waals surface area contributed by atoms with E-state index >= 15 is 0 Å². The minimum atomic E-state index is -0.320. The first kappa shape index (κ1) is 10.3. The molecule has 5 nitrogen and oxygen atoms in total. The van der Waals surface area contributed by atoms with Gasteiger partial charge in [-0.15, -0.1) is 9.81 Å². The van der Waals surface area contributed by atoms with Crippen molar-refractivity contribution in [2.45, 2.75) is 19.8 Å². The first-order chi connectivity index (χ1) is 6.60. The molecule has 0 amide bonds. The van der Waals surface area contributed by atoms with Crippen LogP contribution in [0.15, 0.2) is 22.5 Å². The minimum absolute atomic E-state index is 0.0452. The second kappa shape index (κ2) is 3.95. The largest absolute Gasteiger partial charge is 0.505 e. The molecule has 0 bridgehead atoms.